The van der Waals surface area contributed by atoms with E-state index in [1.807, 2.05) is 13.8 Å². The molecule has 1 atom stereocenters. The van der Waals surface area contributed by atoms with Gasteiger partial charge >= 0.3 is 7.75 Å². The lowest BCUT2D eigenvalue weighted by atomic mass is 10.2. The van der Waals surface area contributed by atoms with Gasteiger partial charge in [-0.1, -0.05) is 89.4 Å². The Balaban J connectivity index is 4.69. The Kier molecular flexibility index (Phi) is 10.9. The summed E-state index contributed by atoms with van der Waals surface area (Å²) in [6, 6.07) is -0.137. The number of hydrogen-bond acceptors (Lipinski definition) is 3. The maximum absolute atomic E-state index is 12.6. The Labute approximate surface area is 155 Å². The van der Waals surface area contributed by atoms with Gasteiger partial charge in [0.25, 0.3) is 0 Å². The van der Waals surface area contributed by atoms with Crippen molar-refractivity contribution in [3.63, 3.8) is 0 Å². The summed E-state index contributed by atoms with van der Waals surface area (Å²) in [4.78, 5) is 0. The van der Waals surface area contributed by atoms with Crippen LogP contribution >= 0.6 is 77.4 Å². The fourth-order valence-corrected chi connectivity index (χ4v) is 3.68. The van der Waals surface area contributed by atoms with E-state index in [2.05, 4.69) is 5.09 Å². The number of rotatable bonds is 9. The number of unbranched alkanes of at least 4 members (excludes halogenated alkanes) is 1. The van der Waals surface area contributed by atoms with Crippen molar-refractivity contribution in [1.82, 2.24) is 5.09 Å². The van der Waals surface area contributed by atoms with Gasteiger partial charge in [-0.2, -0.15) is 0 Å². The van der Waals surface area contributed by atoms with E-state index in [9.17, 15) is 4.57 Å². The average molecular weight is 444 g/mol. The van der Waals surface area contributed by atoms with Crippen LogP contribution in [0.4, 0.5) is 0 Å². The average Bonchev–Trinajstić information content (AvgIpc) is 2.30. The number of nitrogens with one attached hydrogen (secondary N) is 1. The molecule has 0 radical (unpaired) electrons. The van der Waals surface area contributed by atoms with Gasteiger partial charge in [0, 0.05) is 6.04 Å². The molecule has 21 heavy (non-hydrogen) atoms. The van der Waals surface area contributed by atoms with Gasteiger partial charge in [-0.3, -0.25) is 9.05 Å². The van der Waals surface area contributed by atoms with Crippen LogP contribution in [0.25, 0.3) is 0 Å². The molecule has 11 heteroatoms. The predicted molar refractivity (Wildman–Crippen MR) is 92.2 cm³/mol. The molecule has 0 aliphatic carbocycles. The van der Waals surface area contributed by atoms with E-state index in [0.717, 1.165) is 19.3 Å². The standard InChI is InChI=1S/C10H18Cl6NO3P/c1-3-4-5-8(2)17-21(18,19-6-9(11,12)13)20-7-10(14,15)16/h8H,3-7H2,1-2H3,(H,17,18)/t8-/m1/s1. The van der Waals surface area contributed by atoms with E-state index in [1.165, 1.54) is 0 Å². The third-order valence-corrected chi connectivity index (χ3v) is 4.52. The second kappa shape index (κ2) is 9.98. The first kappa shape index (κ1) is 22.9. The second-order valence-corrected chi connectivity index (χ2v) is 11.2. The first-order chi connectivity index (χ1) is 9.37. The van der Waals surface area contributed by atoms with Crippen molar-refractivity contribution in [3.8, 4) is 0 Å². The zero-order valence-electron chi connectivity index (χ0n) is 11.6. The molecular formula is C10H18Cl6NO3P. The molecule has 0 fully saturated rings. The van der Waals surface area contributed by atoms with E-state index in [-0.39, 0.29) is 6.04 Å². The Hall–Kier alpha value is 1.85. The molecule has 0 saturated heterocycles. The molecule has 0 unspecified atom stereocenters. The minimum atomic E-state index is -3.77. The molecule has 0 aromatic carbocycles. The number of hydrogen-bond donors (Lipinski definition) is 1. The highest BCUT2D eigenvalue weighted by atomic mass is 35.6. The van der Waals surface area contributed by atoms with Crippen LogP contribution in [-0.4, -0.2) is 26.8 Å². The molecule has 128 valence electrons. The SMILES string of the molecule is CCCC[C@@H](C)NP(=O)(OCC(Cl)(Cl)Cl)OCC(Cl)(Cl)Cl. The lowest BCUT2D eigenvalue weighted by Gasteiger charge is -2.25. The van der Waals surface area contributed by atoms with E-state index in [1.54, 1.807) is 0 Å². The molecule has 4 nitrogen and oxygen atoms in total. The maximum atomic E-state index is 12.6. The van der Waals surface area contributed by atoms with Crippen LogP contribution in [0.2, 0.25) is 0 Å². The van der Waals surface area contributed by atoms with Crippen LogP contribution in [-0.2, 0) is 13.6 Å². The highest BCUT2D eigenvalue weighted by Gasteiger charge is 2.34. The smallest absolute Gasteiger partial charge is 0.292 e. The first-order valence-electron chi connectivity index (χ1n) is 6.17. The molecule has 0 bridgehead atoms. The summed E-state index contributed by atoms with van der Waals surface area (Å²) >= 11 is 33.4. The fraction of sp³-hybridized carbons (Fsp3) is 1.00. The third-order valence-electron chi connectivity index (χ3n) is 2.17. The summed E-state index contributed by atoms with van der Waals surface area (Å²) in [7, 11) is -3.77. The fourth-order valence-electron chi connectivity index (χ4n) is 1.27. The number of alkyl halides is 6. The van der Waals surface area contributed by atoms with Crippen molar-refractivity contribution in [2.24, 2.45) is 0 Å². The molecule has 0 rings (SSSR count). The Bertz CT molecular complexity index is 325. The van der Waals surface area contributed by atoms with Crippen molar-refractivity contribution in [1.29, 1.82) is 0 Å². The van der Waals surface area contributed by atoms with Crippen molar-refractivity contribution in [3.05, 3.63) is 0 Å². The van der Waals surface area contributed by atoms with Gasteiger partial charge in [0.1, 0.15) is 13.2 Å². The molecule has 0 amide bonds. The van der Waals surface area contributed by atoms with Crippen molar-refractivity contribution < 1.29 is 13.6 Å². The van der Waals surface area contributed by atoms with Gasteiger partial charge in [0.15, 0.2) is 0 Å². The topological polar surface area (TPSA) is 47.6 Å². The van der Waals surface area contributed by atoms with Crippen molar-refractivity contribution >= 4 is 77.4 Å². The van der Waals surface area contributed by atoms with Gasteiger partial charge in [-0.25, -0.2) is 9.65 Å². The summed E-state index contributed by atoms with van der Waals surface area (Å²) in [5.74, 6) is 0. The lowest BCUT2D eigenvalue weighted by molar-refractivity contribution is 0.197. The molecule has 0 aromatic rings. The molecule has 0 aliphatic heterocycles. The van der Waals surface area contributed by atoms with E-state index in [0.29, 0.717) is 0 Å². The predicted octanol–water partition coefficient (Wildman–Crippen LogP) is 6.04. The quantitative estimate of drug-likeness (QED) is 0.349. The molecule has 0 aliphatic rings. The van der Waals surface area contributed by atoms with Crippen molar-refractivity contribution in [2.75, 3.05) is 13.2 Å². The zero-order chi connectivity index (χ0) is 16.7. The summed E-state index contributed by atoms with van der Waals surface area (Å²) < 4.78 is 19.3. The largest absolute Gasteiger partial charge is 0.406 e. The highest BCUT2D eigenvalue weighted by Crippen LogP contribution is 2.48. The van der Waals surface area contributed by atoms with Gasteiger partial charge < -0.3 is 0 Å². The molecule has 0 saturated carbocycles. The van der Waals surface area contributed by atoms with Crippen LogP contribution in [0.3, 0.4) is 0 Å². The first-order valence-corrected chi connectivity index (χ1v) is 9.98. The maximum Gasteiger partial charge on any atom is 0.406 e. The lowest BCUT2D eigenvalue weighted by Crippen LogP contribution is -2.28. The molecule has 0 spiro atoms. The van der Waals surface area contributed by atoms with Crippen LogP contribution in [0.5, 0.6) is 0 Å². The third kappa shape index (κ3) is 13.9. The van der Waals surface area contributed by atoms with Gasteiger partial charge in [0.2, 0.25) is 7.59 Å². The minimum Gasteiger partial charge on any atom is -0.292 e. The Morgan fingerprint density at radius 2 is 1.48 bits per heavy atom. The van der Waals surface area contributed by atoms with Crippen LogP contribution in [0.1, 0.15) is 33.1 Å². The van der Waals surface area contributed by atoms with E-state index >= 15 is 0 Å². The molecule has 0 aromatic heterocycles. The molecule has 0 heterocycles. The van der Waals surface area contributed by atoms with E-state index < -0.39 is 28.5 Å². The number of halogens is 6. The van der Waals surface area contributed by atoms with E-state index in [4.69, 9.17) is 78.7 Å². The Morgan fingerprint density at radius 1 is 1.05 bits per heavy atom. The summed E-state index contributed by atoms with van der Waals surface area (Å²) in [5, 5.41) is 2.73. The van der Waals surface area contributed by atoms with Crippen LogP contribution in [0.15, 0.2) is 0 Å². The summed E-state index contributed by atoms with van der Waals surface area (Å²) in [6.45, 7) is 3.02. The van der Waals surface area contributed by atoms with Gasteiger partial charge in [-0.15, -0.1) is 0 Å². The van der Waals surface area contributed by atoms with Crippen LogP contribution < -0.4 is 5.09 Å². The van der Waals surface area contributed by atoms with Crippen LogP contribution in [0, 0.1) is 0 Å². The normalized spacial score (nSPS) is 15.2. The second-order valence-electron chi connectivity index (χ2n) is 4.45. The zero-order valence-corrected chi connectivity index (χ0v) is 17.0. The van der Waals surface area contributed by atoms with Crippen molar-refractivity contribution in [2.45, 2.75) is 46.7 Å². The van der Waals surface area contributed by atoms with Gasteiger partial charge in [0.05, 0.1) is 0 Å². The monoisotopic (exact) mass is 441 g/mol. The molecular weight excluding hydrogens is 426 g/mol. The minimum absolute atomic E-state index is 0.137. The highest BCUT2D eigenvalue weighted by molar-refractivity contribution is 7.51. The molecule has 1 N–H and O–H groups in total. The Morgan fingerprint density at radius 3 is 1.81 bits per heavy atom. The van der Waals surface area contributed by atoms with Gasteiger partial charge in [-0.05, 0) is 13.3 Å². The summed E-state index contributed by atoms with van der Waals surface area (Å²) in [5.41, 5.74) is 0. The summed E-state index contributed by atoms with van der Waals surface area (Å²) in [6.07, 6.45) is 2.72.